The Morgan fingerprint density at radius 2 is 0.747 bits per heavy atom. The van der Waals surface area contributed by atoms with Crippen LogP contribution < -0.4 is 0 Å². The number of rotatable bonds is 12. The number of benzene rings is 3. The Hall–Kier alpha value is -6.38. The van der Waals surface area contributed by atoms with Crippen molar-refractivity contribution in [3.8, 4) is 17.2 Å². The Bertz CT molecular complexity index is 2560. The fourth-order valence-electron chi connectivity index (χ4n) is 9.30. The number of aryl methyl sites for hydroxylation is 3. The van der Waals surface area contributed by atoms with E-state index < -0.39 is 42.1 Å². The number of nitrogens with zero attached hydrogens (tertiary/aromatic N) is 3. The fraction of sp³-hybridized carbons (Fsp3) is 0.550. The van der Waals surface area contributed by atoms with Gasteiger partial charge in [0.2, 0.25) is 0 Å². The maximum atomic E-state index is 13.4. The molecule has 3 heterocycles. The van der Waals surface area contributed by atoms with Gasteiger partial charge in [-0.05, 0) is 109 Å². The van der Waals surface area contributed by atoms with Crippen LogP contribution in [-0.2, 0) is 80.3 Å². The molecule has 2 bridgehead atoms. The van der Waals surface area contributed by atoms with Crippen molar-refractivity contribution in [1.82, 2.24) is 14.7 Å². The van der Waals surface area contributed by atoms with Crippen LogP contribution in [-0.4, -0.2) is 84.7 Å². The molecule has 0 aliphatic carbocycles. The minimum absolute atomic E-state index is 0.157. The lowest BCUT2D eigenvalue weighted by Gasteiger charge is -2.49. The summed E-state index contributed by atoms with van der Waals surface area (Å²) >= 11 is 0. The van der Waals surface area contributed by atoms with Gasteiger partial charge in [0.25, 0.3) is 6.23 Å². The Morgan fingerprint density at radius 1 is 0.480 bits per heavy atom. The summed E-state index contributed by atoms with van der Waals surface area (Å²) in [5, 5.41) is 32.8. The molecule has 75 heavy (non-hydrogen) atoms. The van der Waals surface area contributed by atoms with Gasteiger partial charge in [-0.25, -0.2) is 14.4 Å². The van der Waals surface area contributed by atoms with E-state index >= 15 is 0 Å². The molecule has 0 spiro atoms. The van der Waals surface area contributed by atoms with Gasteiger partial charge in [-0.15, -0.1) is 13.2 Å². The number of amides is 6. The second-order valence-corrected chi connectivity index (χ2v) is 25.7. The normalized spacial score (nSPS) is 17.5. The summed E-state index contributed by atoms with van der Waals surface area (Å²) in [4.78, 5) is 79.1. The molecule has 3 aliphatic heterocycles. The van der Waals surface area contributed by atoms with Gasteiger partial charge in [-0.2, -0.15) is 14.7 Å². The van der Waals surface area contributed by atoms with E-state index in [2.05, 4.69) is 61.6 Å². The summed E-state index contributed by atoms with van der Waals surface area (Å²) in [5.41, 5.74) is 5.51. The molecule has 1 radical (unpaired) electrons. The average Bonchev–Trinajstić information content (AvgIpc) is 3.58. The second kappa shape index (κ2) is 21.7. The van der Waals surface area contributed by atoms with Gasteiger partial charge in [0.15, 0.2) is 0 Å². The van der Waals surface area contributed by atoms with Gasteiger partial charge in [0.1, 0.15) is 17.2 Å². The van der Waals surface area contributed by atoms with Crippen molar-refractivity contribution in [3.05, 3.63) is 107 Å². The van der Waals surface area contributed by atoms with E-state index in [9.17, 15) is 44.1 Å². The van der Waals surface area contributed by atoms with Gasteiger partial charge in [-0.1, -0.05) is 161 Å². The van der Waals surface area contributed by atoms with Crippen molar-refractivity contribution in [1.29, 1.82) is 0 Å². The molecular formula is C60H84N3O12. The average molecular weight is 1040 g/mol. The first kappa shape index (κ1) is 61.2. The van der Waals surface area contributed by atoms with Crippen LogP contribution in [0.5, 0.6) is 17.2 Å². The Balaban J connectivity index is 0.000000424. The number of esters is 3. The molecule has 3 N–H and O–H groups in total. The highest BCUT2D eigenvalue weighted by Gasteiger charge is 2.87. The number of phenolic OH excluding ortho intramolecular Hbond substituents is 3. The lowest BCUT2D eigenvalue weighted by molar-refractivity contribution is -0.247. The number of imide groups is 3. The lowest BCUT2D eigenvalue weighted by atomic mass is 9.78. The third kappa shape index (κ3) is 12.8. The van der Waals surface area contributed by atoms with Crippen LogP contribution in [0.1, 0.15) is 194 Å². The quantitative estimate of drug-likeness (QED) is 0.0882. The Kier molecular flexibility index (Phi) is 17.7. The first-order chi connectivity index (χ1) is 34.2. The van der Waals surface area contributed by atoms with E-state index in [4.69, 9.17) is 14.2 Å². The number of phenols is 3. The molecule has 3 aromatic carbocycles. The monoisotopic (exact) mass is 1040 g/mol. The van der Waals surface area contributed by atoms with Crippen LogP contribution in [0.15, 0.2) is 49.6 Å². The maximum absolute atomic E-state index is 13.4. The number of fused-ring (bicyclic) bond motifs is 1. The van der Waals surface area contributed by atoms with Crippen molar-refractivity contribution in [2.75, 3.05) is 6.61 Å². The molecule has 15 nitrogen and oxygen atoms in total. The van der Waals surface area contributed by atoms with E-state index in [-0.39, 0.29) is 82.2 Å². The smallest absolute Gasteiger partial charge is 0.348 e. The molecule has 3 fully saturated rings. The summed E-state index contributed by atoms with van der Waals surface area (Å²) in [5.74, 6) is -3.30. The van der Waals surface area contributed by atoms with Crippen LogP contribution in [0.4, 0.5) is 14.4 Å². The van der Waals surface area contributed by atoms with Crippen LogP contribution in [0.25, 0.3) is 0 Å². The highest BCUT2D eigenvalue weighted by molar-refractivity contribution is 6.20. The van der Waals surface area contributed by atoms with E-state index in [1.165, 1.54) is 0 Å². The molecule has 6 rings (SSSR count). The highest BCUT2D eigenvalue weighted by atomic mass is 16.7. The molecule has 411 valence electrons. The SMILES string of the molecule is C=C.CC(C)(C)c1cc(CCC(=O)OC2N3C(=O)N4C(=O)N(C3=O)C24OC(=O)CCc2cc(C(C)(C)C)c(O)c(C(C)(C)C)c2)cc(C(C)(C)C)c1O.[CH2]COC(=O)CCc1cc(C(C)(C)C)c(O)c(C(C)(C)C)c1. The lowest BCUT2D eigenvalue weighted by Crippen LogP contribution is -2.81. The number of hydrogen-bond acceptors (Lipinski definition) is 12. The number of aromatic hydroxyl groups is 3. The third-order valence-electron chi connectivity index (χ3n) is 13.4. The second-order valence-electron chi connectivity index (χ2n) is 25.7. The summed E-state index contributed by atoms with van der Waals surface area (Å²) in [6.45, 7) is 46.0. The van der Waals surface area contributed by atoms with Gasteiger partial charge in [0.05, 0.1) is 6.61 Å². The summed E-state index contributed by atoms with van der Waals surface area (Å²) in [6.07, 6.45) is -0.681. The molecule has 6 amide bonds. The summed E-state index contributed by atoms with van der Waals surface area (Å²) in [7, 11) is 0. The molecule has 0 aromatic heterocycles. The van der Waals surface area contributed by atoms with Crippen LogP contribution in [0.3, 0.4) is 0 Å². The first-order valence-corrected chi connectivity index (χ1v) is 25.7. The molecule has 15 heteroatoms. The number of ether oxygens (including phenoxy) is 3. The first-order valence-electron chi connectivity index (χ1n) is 25.7. The molecule has 3 aromatic rings. The number of hydrogen-bond donors (Lipinski definition) is 3. The molecule has 3 aliphatic rings. The van der Waals surface area contributed by atoms with Gasteiger partial charge < -0.3 is 29.5 Å². The zero-order chi connectivity index (χ0) is 57.5. The van der Waals surface area contributed by atoms with Gasteiger partial charge in [-0.3, -0.25) is 14.4 Å². The van der Waals surface area contributed by atoms with Crippen molar-refractivity contribution in [3.63, 3.8) is 0 Å². The summed E-state index contributed by atoms with van der Waals surface area (Å²) < 4.78 is 16.3. The van der Waals surface area contributed by atoms with E-state index in [0.29, 0.717) is 33.3 Å². The standard InChI is InChI=1S/C39H51N3O9.C19H29O3.C2H4/c1-35(2,3)23-17-21(18-24(29(23)45)36(4,5)6)13-15-27(43)50-31-39(41-32(47)40(31)33(48)42(39)34(41)49)51-28(44)16-14-22-19-25(37(7,8)9)30(46)26(20-22)38(10,11)12;1-8-22-16(20)10-9-13-11-14(18(2,3)4)17(21)15(12-13)19(5,6)7;1-2/h17-20,31,45-46H,13-16H2,1-12H3;11-12,21H,1,8-10H2,2-7H3;1-2H2. The van der Waals surface area contributed by atoms with Gasteiger partial charge in [0, 0.05) is 19.3 Å². The zero-order valence-electron chi connectivity index (χ0n) is 48.0. The van der Waals surface area contributed by atoms with Crippen molar-refractivity contribution < 1.29 is 58.3 Å². The third-order valence-corrected chi connectivity index (χ3v) is 13.4. The Morgan fingerprint density at radius 3 is 1.01 bits per heavy atom. The topological polar surface area (TPSA) is 201 Å². The minimum Gasteiger partial charge on any atom is -0.507 e. The molecule has 1 unspecified atom stereocenters. The minimum atomic E-state index is -2.24. The maximum Gasteiger partial charge on any atom is 0.348 e. The van der Waals surface area contributed by atoms with Crippen molar-refractivity contribution in [2.45, 2.75) is 208 Å². The Labute approximate surface area is 445 Å². The zero-order valence-corrected chi connectivity index (χ0v) is 48.0. The van der Waals surface area contributed by atoms with Crippen LogP contribution >= 0.6 is 0 Å². The van der Waals surface area contributed by atoms with Crippen molar-refractivity contribution in [2.24, 2.45) is 0 Å². The highest BCUT2D eigenvalue weighted by Crippen LogP contribution is 2.53. The largest absolute Gasteiger partial charge is 0.507 e. The molecule has 1 atom stereocenters. The predicted molar refractivity (Wildman–Crippen MR) is 289 cm³/mol. The van der Waals surface area contributed by atoms with Gasteiger partial charge >= 0.3 is 41.9 Å². The molecule has 0 saturated carbocycles. The number of urea groups is 3. The molecular weight excluding hydrogens is 955 g/mol. The number of carbonyl (C=O) groups is 6. The molecule has 3 saturated heterocycles. The van der Waals surface area contributed by atoms with E-state index in [1.54, 1.807) is 0 Å². The van der Waals surface area contributed by atoms with E-state index in [1.807, 2.05) is 119 Å². The predicted octanol–water partition coefficient (Wildman–Crippen LogP) is 12.3. The summed E-state index contributed by atoms with van der Waals surface area (Å²) in [6, 6.07) is 8.36. The number of carbonyl (C=O) groups excluding carboxylic acids is 6. The fourth-order valence-corrected chi connectivity index (χ4v) is 9.30. The van der Waals surface area contributed by atoms with Crippen molar-refractivity contribution >= 4 is 36.0 Å². The van der Waals surface area contributed by atoms with E-state index in [0.717, 1.165) is 50.1 Å². The van der Waals surface area contributed by atoms with Crippen LogP contribution in [0, 0.1) is 6.92 Å². The van der Waals surface area contributed by atoms with Crippen LogP contribution in [0.2, 0.25) is 0 Å².